The zero-order chi connectivity index (χ0) is 14.7. The molecule has 1 N–H and O–H groups in total. The van der Waals surface area contributed by atoms with Gasteiger partial charge in [-0.05, 0) is 36.8 Å². The molecule has 0 radical (unpaired) electrons. The lowest BCUT2D eigenvalue weighted by Gasteiger charge is -2.46. The summed E-state index contributed by atoms with van der Waals surface area (Å²) in [5.74, 6) is 1.52. The molecule has 0 aromatic carbocycles. The zero-order valence-corrected chi connectivity index (χ0v) is 13.5. The average Bonchev–Trinajstić information content (AvgIpc) is 2.56. The van der Waals surface area contributed by atoms with Crippen LogP contribution < -0.4 is 10.2 Å². The van der Waals surface area contributed by atoms with Gasteiger partial charge in [0.15, 0.2) is 0 Å². The topological polar surface area (TPSA) is 28.2 Å². The van der Waals surface area contributed by atoms with Gasteiger partial charge in [0.05, 0.1) is 11.9 Å². The first-order chi connectivity index (χ1) is 10.3. The van der Waals surface area contributed by atoms with E-state index in [0.717, 1.165) is 19.0 Å². The Bertz CT molecular complexity index is 425. The smallest absolute Gasteiger partial charge is 0.0556 e. The first kappa shape index (κ1) is 14.8. The van der Waals surface area contributed by atoms with Gasteiger partial charge in [-0.2, -0.15) is 0 Å². The minimum atomic E-state index is 0.578. The van der Waals surface area contributed by atoms with E-state index in [0.29, 0.717) is 18.0 Å². The van der Waals surface area contributed by atoms with E-state index < -0.39 is 0 Å². The predicted molar refractivity (Wildman–Crippen MR) is 88.6 cm³/mol. The van der Waals surface area contributed by atoms with Gasteiger partial charge >= 0.3 is 0 Å². The van der Waals surface area contributed by atoms with Crippen LogP contribution in [0.1, 0.15) is 46.0 Å². The molecule has 2 unspecified atom stereocenters. The van der Waals surface area contributed by atoms with Gasteiger partial charge in [0, 0.05) is 31.4 Å². The highest BCUT2D eigenvalue weighted by molar-refractivity contribution is 5.46. The van der Waals surface area contributed by atoms with Crippen LogP contribution in [0.2, 0.25) is 0 Å². The third-order valence-electron chi connectivity index (χ3n) is 5.35. The summed E-state index contributed by atoms with van der Waals surface area (Å²) >= 11 is 0. The van der Waals surface area contributed by atoms with Crippen molar-refractivity contribution in [3.05, 3.63) is 24.5 Å². The lowest BCUT2D eigenvalue weighted by Crippen LogP contribution is -2.60. The summed E-state index contributed by atoms with van der Waals surface area (Å²) < 4.78 is 0. The molecule has 116 valence electrons. The Labute approximate surface area is 129 Å². The largest absolute Gasteiger partial charge is 0.364 e. The molecular weight excluding hydrogens is 258 g/mol. The fourth-order valence-corrected chi connectivity index (χ4v) is 4.06. The molecule has 3 heteroatoms. The second kappa shape index (κ2) is 6.78. The molecular formula is C18H29N3. The van der Waals surface area contributed by atoms with Crippen molar-refractivity contribution >= 4 is 5.69 Å². The van der Waals surface area contributed by atoms with Crippen LogP contribution >= 0.6 is 0 Å². The van der Waals surface area contributed by atoms with Gasteiger partial charge in [-0.3, -0.25) is 4.98 Å². The summed E-state index contributed by atoms with van der Waals surface area (Å²) in [6, 6.07) is 5.50. The van der Waals surface area contributed by atoms with Crippen molar-refractivity contribution < 1.29 is 0 Å². The van der Waals surface area contributed by atoms with Gasteiger partial charge in [-0.15, -0.1) is 0 Å². The maximum atomic E-state index is 4.33. The SMILES string of the molecule is CC(C)C1CNC(C2CCCCC2)CN1c1cccnc1. The van der Waals surface area contributed by atoms with E-state index >= 15 is 0 Å². The lowest BCUT2D eigenvalue weighted by atomic mass is 9.82. The second-order valence-electron chi connectivity index (χ2n) is 7.09. The Balaban J connectivity index is 1.75. The lowest BCUT2D eigenvalue weighted by molar-refractivity contribution is 0.229. The fourth-order valence-electron chi connectivity index (χ4n) is 4.06. The maximum absolute atomic E-state index is 4.33. The maximum Gasteiger partial charge on any atom is 0.0556 e. The third-order valence-corrected chi connectivity index (χ3v) is 5.35. The minimum Gasteiger partial charge on any atom is -0.364 e. The normalized spacial score (nSPS) is 28.0. The standard InChI is InChI=1S/C18H29N3/c1-14(2)18-12-20-17(15-7-4-3-5-8-15)13-21(18)16-9-6-10-19-11-16/h6,9-11,14-15,17-18,20H,3-5,7-8,12-13H2,1-2H3. The van der Waals surface area contributed by atoms with Crippen LogP contribution in [0.3, 0.4) is 0 Å². The summed E-state index contributed by atoms with van der Waals surface area (Å²) in [6.45, 7) is 6.90. The van der Waals surface area contributed by atoms with Crippen molar-refractivity contribution in [2.75, 3.05) is 18.0 Å². The van der Waals surface area contributed by atoms with Gasteiger partial charge in [-0.25, -0.2) is 0 Å². The number of nitrogens with one attached hydrogen (secondary N) is 1. The molecule has 3 nitrogen and oxygen atoms in total. The average molecular weight is 287 g/mol. The molecule has 2 heterocycles. The molecule has 2 atom stereocenters. The summed E-state index contributed by atoms with van der Waals surface area (Å²) in [5.41, 5.74) is 1.29. The molecule has 1 aromatic rings. The van der Waals surface area contributed by atoms with Crippen molar-refractivity contribution in [2.45, 2.75) is 58.0 Å². The predicted octanol–water partition coefficient (Wildman–Crippen LogP) is 3.46. The molecule has 21 heavy (non-hydrogen) atoms. The van der Waals surface area contributed by atoms with Crippen LogP contribution in [0.15, 0.2) is 24.5 Å². The van der Waals surface area contributed by atoms with Crippen LogP contribution in [0.5, 0.6) is 0 Å². The van der Waals surface area contributed by atoms with Crippen molar-refractivity contribution in [2.24, 2.45) is 11.8 Å². The highest BCUT2D eigenvalue weighted by atomic mass is 15.2. The zero-order valence-electron chi connectivity index (χ0n) is 13.5. The first-order valence-electron chi connectivity index (χ1n) is 8.66. The first-order valence-corrected chi connectivity index (χ1v) is 8.66. The molecule has 2 aliphatic rings. The van der Waals surface area contributed by atoms with Crippen LogP contribution in [-0.2, 0) is 0 Å². The summed E-state index contributed by atoms with van der Waals surface area (Å²) in [6.07, 6.45) is 11.0. The molecule has 1 aliphatic carbocycles. The molecule has 1 aromatic heterocycles. The minimum absolute atomic E-state index is 0.578. The summed E-state index contributed by atoms with van der Waals surface area (Å²) in [5, 5.41) is 3.86. The number of anilines is 1. The van der Waals surface area contributed by atoms with Crippen LogP contribution in [0, 0.1) is 11.8 Å². The van der Waals surface area contributed by atoms with E-state index in [-0.39, 0.29) is 0 Å². The van der Waals surface area contributed by atoms with Gasteiger partial charge in [0.1, 0.15) is 0 Å². The van der Waals surface area contributed by atoms with Crippen molar-refractivity contribution in [1.29, 1.82) is 0 Å². The Kier molecular flexibility index (Phi) is 4.79. The molecule has 0 bridgehead atoms. The van der Waals surface area contributed by atoms with E-state index in [1.54, 1.807) is 0 Å². The van der Waals surface area contributed by atoms with E-state index in [1.807, 2.05) is 12.4 Å². The second-order valence-corrected chi connectivity index (χ2v) is 7.09. The summed E-state index contributed by atoms with van der Waals surface area (Å²) in [4.78, 5) is 6.93. The van der Waals surface area contributed by atoms with Crippen LogP contribution in [-0.4, -0.2) is 30.2 Å². The quantitative estimate of drug-likeness (QED) is 0.922. The number of hydrogen-bond acceptors (Lipinski definition) is 3. The molecule has 1 saturated carbocycles. The Morgan fingerprint density at radius 2 is 2.05 bits per heavy atom. The Morgan fingerprint density at radius 3 is 2.71 bits per heavy atom. The monoisotopic (exact) mass is 287 g/mol. The molecule has 1 aliphatic heterocycles. The van der Waals surface area contributed by atoms with E-state index in [2.05, 4.69) is 41.2 Å². The van der Waals surface area contributed by atoms with Gasteiger partial charge in [-0.1, -0.05) is 33.1 Å². The van der Waals surface area contributed by atoms with Gasteiger partial charge in [0.2, 0.25) is 0 Å². The Morgan fingerprint density at radius 1 is 1.24 bits per heavy atom. The fraction of sp³-hybridized carbons (Fsp3) is 0.722. The molecule has 0 amide bonds. The molecule has 0 spiro atoms. The third kappa shape index (κ3) is 3.39. The molecule has 1 saturated heterocycles. The number of hydrogen-bond donors (Lipinski definition) is 1. The van der Waals surface area contributed by atoms with Crippen LogP contribution in [0.4, 0.5) is 5.69 Å². The van der Waals surface area contributed by atoms with Crippen molar-refractivity contribution in [1.82, 2.24) is 10.3 Å². The summed E-state index contributed by atoms with van der Waals surface area (Å²) in [7, 11) is 0. The molecule has 3 rings (SSSR count). The molecule has 2 fully saturated rings. The number of piperazine rings is 1. The van der Waals surface area contributed by atoms with Gasteiger partial charge < -0.3 is 10.2 Å². The number of nitrogens with zero attached hydrogens (tertiary/aromatic N) is 2. The van der Waals surface area contributed by atoms with Gasteiger partial charge in [0.25, 0.3) is 0 Å². The van der Waals surface area contributed by atoms with Crippen molar-refractivity contribution in [3.63, 3.8) is 0 Å². The van der Waals surface area contributed by atoms with E-state index in [9.17, 15) is 0 Å². The van der Waals surface area contributed by atoms with Crippen LogP contribution in [0.25, 0.3) is 0 Å². The highest BCUT2D eigenvalue weighted by Crippen LogP contribution is 2.31. The van der Waals surface area contributed by atoms with Crippen molar-refractivity contribution in [3.8, 4) is 0 Å². The number of pyridine rings is 1. The number of aromatic nitrogens is 1. The highest BCUT2D eigenvalue weighted by Gasteiger charge is 2.34. The Hall–Kier alpha value is -1.09. The van der Waals surface area contributed by atoms with E-state index in [4.69, 9.17) is 0 Å². The number of rotatable bonds is 3. The van der Waals surface area contributed by atoms with E-state index in [1.165, 1.54) is 37.8 Å².